The lowest BCUT2D eigenvalue weighted by atomic mass is 9.98. The summed E-state index contributed by atoms with van der Waals surface area (Å²) in [6, 6.07) is 0.330. The summed E-state index contributed by atoms with van der Waals surface area (Å²) in [6.07, 6.45) is 5.26. The molecular formula is C16H31N3O3S. The quantitative estimate of drug-likeness (QED) is 0.804. The number of rotatable bonds is 5. The molecule has 2 rings (SSSR count). The second-order valence-corrected chi connectivity index (χ2v) is 9.28. The maximum absolute atomic E-state index is 12.4. The highest BCUT2D eigenvalue weighted by molar-refractivity contribution is 7.88. The second-order valence-electron chi connectivity index (χ2n) is 7.30. The van der Waals surface area contributed by atoms with Crippen LogP contribution in [-0.4, -0.2) is 68.6 Å². The molecular weight excluding hydrogens is 314 g/mol. The minimum Gasteiger partial charge on any atom is -0.354 e. The highest BCUT2D eigenvalue weighted by Gasteiger charge is 2.30. The van der Waals surface area contributed by atoms with Gasteiger partial charge < -0.3 is 5.32 Å². The molecule has 3 atom stereocenters. The van der Waals surface area contributed by atoms with Crippen molar-refractivity contribution in [1.82, 2.24) is 14.5 Å². The number of likely N-dealkylation sites (tertiary alicyclic amines) is 1. The van der Waals surface area contributed by atoms with E-state index in [0.717, 1.165) is 31.8 Å². The average Bonchev–Trinajstić information content (AvgIpc) is 2.51. The molecule has 2 aliphatic rings. The number of carbonyl (C=O) groups excluding carboxylic acids is 1. The van der Waals surface area contributed by atoms with E-state index >= 15 is 0 Å². The van der Waals surface area contributed by atoms with Crippen LogP contribution < -0.4 is 5.32 Å². The molecule has 0 bridgehead atoms. The molecule has 23 heavy (non-hydrogen) atoms. The smallest absolute Gasteiger partial charge is 0.224 e. The molecule has 6 nitrogen and oxygen atoms in total. The van der Waals surface area contributed by atoms with Crippen molar-refractivity contribution >= 4 is 15.9 Å². The van der Waals surface area contributed by atoms with E-state index in [1.807, 2.05) is 0 Å². The predicted molar refractivity (Wildman–Crippen MR) is 91.6 cm³/mol. The number of nitrogens with zero attached hydrogens (tertiary/aromatic N) is 2. The Hall–Kier alpha value is -0.660. The van der Waals surface area contributed by atoms with Crippen molar-refractivity contribution in [3.8, 4) is 0 Å². The third kappa shape index (κ3) is 5.43. The molecule has 2 heterocycles. The molecule has 0 aromatic heterocycles. The van der Waals surface area contributed by atoms with Crippen LogP contribution in [0.4, 0.5) is 0 Å². The summed E-state index contributed by atoms with van der Waals surface area (Å²) in [5.74, 6) is 0.504. The Morgan fingerprint density at radius 1 is 1.22 bits per heavy atom. The summed E-state index contributed by atoms with van der Waals surface area (Å²) >= 11 is 0. The molecule has 0 aromatic rings. The first kappa shape index (κ1) is 18.7. The third-order valence-corrected chi connectivity index (χ3v) is 6.38. The molecule has 0 unspecified atom stereocenters. The Labute approximate surface area is 140 Å². The lowest BCUT2D eigenvalue weighted by Crippen LogP contribution is -2.49. The van der Waals surface area contributed by atoms with Crippen molar-refractivity contribution in [1.29, 1.82) is 0 Å². The van der Waals surface area contributed by atoms with E-state index in [2.05, 4.69) is 24.1 Å². The van der Waals surface area contributed by atoms with Gasteiger partial charge in [-0.2, -0.15) is 0 Å². The Balaban J connectivity index is 1.80. The summed E-state index contributed by atoms with van der Waals surface area (Å²) in [5, 5.41) is 3.03. The van der Waals surface area contributed by atoms with Gasteiger partial charge in [0.2, 0.25) is 15.9 Å². The summed E-state index contributed by atoms with van der Waals surface area (Å²) in [7, 11) is -3.20. The number of amides is 1. The number of hydrogen-bond acceptors (Lipinski definition) is 4. The van der Waals surface area contributed by atoms with Crippen LogP contribution in [0.15, 0.2) is 0 Å². The lowest BCUT2D eigenvalue weighted by Gasteiger charge is -2.36. The molecule has 1 amide bonds. The van der Waals surface area contributed by atoms with Gasteiger partial charge in [0.1, 0.15) is 0 Å². The minimum atomic E-state index is -3.20. The number of hydrogen-bond donors (Lipinski definition) is 1. The Morgan fingerprint density at radius 2 is 1.91 bits per heavy atom. The van der Waals surface area contributed by atoms with Crippen LogP contribution in [0.1, 0.15) is 39.5 Å². The molecule has 2 saturated heterocycles. The van der Waals surface area contributed by atoms with E-state index in [-0.39, 0.29) is 11.8 Å². The van der Waals surface area contributed by atoms with Gasteiger partial charge in [-0.15, -0.1) is 0 Å². The maximum Gasteiger partial charge on any atom is 0.224 e. The fourth-order valence-electron chi connectivity index (χ4n) is 3.61. The molecule has 0 radical (unpaired) electrons. The Bertz CT molecular complexity index is 509. The summed E-state index contributed by atoms with van der Waals surface area (Å²) < 4.78 is 24.7. The lowest BCUT2D eigenvalue weighted by molar-refractivity contribution is -0.126. The van der Waals surface area contributed by atoms with Crippen LogP contribution >= 0.6 is 0 Å². The van der Waals surface area contributed by atoms with E-state index in [0.29, 0.717) is 25.7 Å². The van der Waals surface area contributed by atoms with Crippen molar-refractivity contribution in [2.24, 2.45) is 11.8 Å². The van der Waals surface area contributed by atoms with Gasteiger partial charge in [0, 0.05) is 32.2 Å². The molecule has 134 valence electrons. The maximum atomic E-state index is 12.4. The average molecular weight is 346 g/mol. The molecule has 2 aliphatic heterocycles. The Kier molecular flexibility index (Phi) is 6.45. The van der Waals surface area contributed by atoms with E-state index in [1.165, 1.54) is 23.4 Å². The van der Waals surface area contributed by atoms with Crippen LogP contribution in [0.5, 0.6) is 0 Å². The summed E-state index contributed by atoms with van der Waals surface area (Å²) in [6.45, 7) is 8.13. The molecule has 2 fully saturated rings. The van der Waals surface area contributed by atoms with E-state index in [4.69, 9.17) is 0 Å². The number of carbonyl (C=O) groups is 1. The highest BCUT2D eigenvalue weighted by Crippen LogP contribution is 2.20. The van der Waals surface area contributed by atoms with Gasteiger partial charge >= 0.3 is 0 Å². The van der Waals surface area contributed by atoms with Crippen LogP contribution in [-0.2, 0) is 14.8 Å². The summed E-state index contributed by atoms with van der Waals surface area (Å²) in [5.41, 5.74) is 0. The van der Waals surface area contributed by atoms with Crippen LogP contribution in [0.2, 0.25) is 0 Å². The number of piperidine rings is 2. The normalized spacial score (nSPS) is 29.2. The summed E-state index contributed by atoms with van der Waals surface area (Å²) in [4.78, 5) is 14.8. The van der Waals surface area contributed by atoms with Gasteiger partial charge in [0.05, 0.1) is 12.2 Å². The van der Waals surface area contributed by atoms with Crippen LogP contribution in [0, 0.1) is 11.8 Å². The van der Waals surface area contributed by atoms with Crippen molar-refractivity contribution in [3.63, 3.8) is 0 Å². The van der Waals surface area contributed by atoms with E-state index in [1.54, 1.807) is 0 Å². The van der Waals surface area contributed by atoms with E-state index in [9.17, 15) is 13.2 Å². The first-order valence-electron chi connectivity index (χ1n) is 8.74. The van der Waals surface area contributed by atoms with Gasteiger partial charge in [-0.05, 0) is 45.1 Å². The van der Waals surface area contributed by atoms with Gasteiger partial charge in [-0.25, -0.2) is 12.7 Å². The molecule has 0 spiro atoms. The van der Waals surface area contributed by atoms with Crippen molar-refractivity contribution in [3.05, 3.63) is 0 Å². The first-order valence-corrected chi connectivity index (χ1v) is 10.6. The zero-order chi connectivity index (χ0) is 17.0. The first-order chi connectivity index (χ1) is 10.8. The van der Waals surface area contributed by atoms with Crippen LogP contribution in [0.3, 0.4) is 0 Å². The minimum absolute atomic E-state index is 0.00439. The fourth-order valence-corrected chi connectivity index (χ4v) is 4.52. The van der Waals surface area contributed by atoms with Gasteiger partial charge in [0.25, 0.3) is 0 Å². The van der Waals surface area contributed by atoms with Crippen molar-refractivity contribution < 1.29 is 13.2 Å². The topological polar surface area (TPSA) is 69.7 Å². The predicted octanol–water partition coefficient (Wildman–Crippen LogP) is 0.895. The van der Waals surface area contributed by atoms with Crippen molar-refractivity contribution in [2.75, 3.05) is 39.0 Å². The zero-order valence-corrected chi connectivity index (χ0v) is 15.4. The SMILES string of the molecule is C[C@@H]1CCCN([C@@H](C)CNC(=O)[C@H]2CCCN(S(C)(=O)=O)C2)C1. The second kappa shape index (κ2) is 7.94. The Morgan fingerprint density at radius 3 is 2.57 bits per heavy atom. The molecule has 0 saturated carbocycles. The van der Waals surface area contributed by atoms with Gasteiger partial charge in [-0.1, -0.05) is 6.92 Å². The van der Waals surface area contributed by atoms with Gasteiger partial charge in [0.15, 0.2) is 0 Å². The molecule has 0 aromatic carbocycles. The number of nitrogens with one attached hydrogen (secondary N) is 1. The molecule has 0 aliphatic carbocycles. The van der Waals surface area contributed by atoms with Crippen molar-refractivity contribution in [2.45, 2.75) is 45.6 Å². The highest BCUT2D eigenvalue weighted by atomic mass is 32.2. The molecule has 1 N–H and O–H groups in total. The van der Waals surface area contributed by atoms with Gasteiger partial charge in [-0.3, -0.25) is 9.69 Å². The molecule has 7 heteroatoms. The zero-order valence-electron chi connectivity index (χ0n) is 14.6. The third-order valence-electron chi connectivity index (χ3n) is 5.11. The number of sulfonamides is 1. The monoisotopic (exact) mass is 345 g/mol. The van der Waals surface area contributed by atoms with Crippen LogP contribution in [0.25, 0.3) is 0 Å². The standard InChI is InChI=1S/C16H31N3O3S/c1-13-6-4-8-18(11-13)14(2)10-17-16(20)15-7-5-9-19(12-15)23(3,21)22/h13-15H,4-12H2,1-3H3,(H,17,20)/t13-,14+,15+/m1/s1. The van der Waals surface area contributed by atoms with E-state index < -0.39 is 10.0 Å². The fraction of sp³-hybridized carbons (Fsp3) is 0.938. The largest absolute Gasteiger partial charge is 0.354 e.